The fourth-order valence-corrected chi connectivity index (χ4v) is 3.08. The number of fused-ring (bicyclic) bond motifs is 1. The molecule has 0 aliphatic carbocycles. The van der Waals surface area contributed by atoms with Gasteiger partial charge in [0.15, 0.2) is 0 Å². The van der Waals surface area contributed by atoms with Crippen LogP contribution in [0, 0.1) is 16.2 Å². The van der Waals surface area contributed by atoms with Gasteiger partial charge in [0.05, 0.1) is 11.9 Å². The minimum Gasteiger partial charge on any atom is -0.329 e. The molecule has 0 saturated heterocycles. The molecule has 0 spiro atoms. The van der Waals surface area contributed by atoms with Gasteiger partial charge in [0.1, 0.15) is 5.82 Å². The molecular formula is C22H24ClN5. The first kappa shape index (κ1) is 19.8. The smallest absolute Gasteiger partial charge is 0.229 e. The summed E-state index contributed by atoms with van der Waals surface area (Å²) < 4.78 is 1.40. The van der Waals surface area contributed by atoms with Crippen molar-refractivity contribution in [2.24, 2.45) is 5.41 Å². The Morgan fingerprint density at radius 3 is 2.57 bits per heavy atom. The topological polar surface area (TPSA) is 68.8 Å². The molecule has 0 fully saturated rings. The molecular weight excluding hydrogens is 370 g/mol. The van der Waals surface area contributed by atoms with Crippen LogP contribution >= 0.6 is 11.6 Å². The average Bonchev–Trinajstić information content (AvgIpc) is 2.65. The molecule has 0 radical (unpaired) electrons. The third-order valence-corrected chi connectivity index (χ3v) is 4.62. The van der Waals surface area contributed by atoms with Gasteiger partial charge in [0, 0.05) is 23.1 Å². The number of allylic oxidation sites excluding steroid dienone is 1. The lowest BCUT2D eigenvalue weighted by Crippen LogP contribution is -2.26. The van der Waals surface area contributed by atoms with E-state index in [0.717, 1.165) is 23.0 Å². The maximum absolute atomic E-state index is 8.22. The quantitative estimate of drug-likeness (QED) is 0.457. The standard InChI is InChI=1S/C22H24ClN5/c1-22(2,3)11-10-15-6-5-7-17(12-15)27(4)20-18-9-8-16(23)13-19(18)28(14-24)21(25)26-20/h5-14,24-25H,1-4H3/b11-10+,24-14?,25-21?. The van der Waals surface area contributed by atoms with Crippen molar-refractivity contribution in [1.82, 2.24) is 9.55 Å². The summed E-state index contributed by atoms with van der Waals surface area (Å²) in [7, 11) is 1.93. The molecule has 0 unspecified atom stereocenters. The Balaban J connectivity index is 2.12. The van der Waals surface area contributed by atoms with Crippen LogP contribution in [0.4, 0.5) is 11.5 Å². The molecule has 1 aromatic heterocycles. The summed E-state index contributed by atoms with van der Waals surface area (Å²) in [5.74, 6) is 0.645. The number of anilines is 2. The third kappa shape index (κ3) is 4.15. The Labute approximate surface area is 169 Å². The number of hydrogen-bond donors (Lipinski definition) is 2. The molecule has 2 N–H and O–H groups in total. The van der Waals surface area contributed by atoms with Crippen LogP contribution in [-0.4, -0.2) is 22.9 Å². The molecule has 28 heavy (non-hydrogen) atoms. The maximum atomic E-state index is 8.22. The van der Waals surface area contributed by atoms with Crippen molar-refractivity contribution in [3.63, 3.8) is 0 Å². The van der Waals surface area contributed by atoms with Crippen LogP contribution in [0.5, 0.6) is 0 Å². The van der Waals surface area contributed by atoms with Crippen molar-refractivity contribution in [3.05, 3.63) is 64.7 Å². The SMILES string of the molecule is CN(c1cccc(/C=C/C(C)(C)C)c1)c1nc(=N)n(C=N)c2cc(Cl)ccc12. The highest BCUT2D eigenvalue weighted by Crippen LogP contribution is 2.30. The summed E-state index contributed by atoms with van der Waals surface area (Å²) in [5, 5.41) is 17.2. The second-order valence-corrected chi connectivity index (χ2v) is 8.21. The summed E-state index contributed by atoms with van der Waals surface area (Å²) in [6.45, 7) is 6.50. The lowest BCUT2D eigenvalue weighted by Gasteiger charge is -2.21. The van der Waals surface area contributed by atoms with Crippen molar-refractivity contribution in [3.8, 4) is 0 Å². The first-order valence-electron chi connectivity index (χ1n) is 8.99. The van der Waals surface area contributed by atoms with Crippen LogP contribution < -0.4 is 10.5 Å². The van der Waals surface area contributed by atoms with E-state index in [1.165, 1.54) is 4.57 Å². The zero-order valence-corrected chi connectivity index (χ0v) is 17.2. The second-order valence-electron chi connectivity index (χ2n) is 7.77. The van der Waals surface area contributed by atoms with Crippen LogP contribution in [0.15, 0.2) is 48.5 Å². The highest BCUT2D eigenvalue weighted by Gasteiger charge is 2.14. The van der Waals surface area contributed by atoms with Gasteiger partial charge in [-0.3, -0.25) is 15.4 Å². The van der Waals surface area contributed by atoms with E-state index in [4.69, 9.17) is 22.4 Å². The molecule has 1 heterocycles. The summed E-state index contributed by atoms with van der Waals surface area (Å²) in [4.78, 5) is 6.39. The van der Waals surface area contributed by atoms with Crippen LogP contribution in [0.1, 0.15) is 26.3 Å². The van der Waals surface area contributed by atoms with Gasteiger partial charge >= 0.3 is 0 Å². The summed E-state index contributed by atoms with van der Waals surface area (Å²) in [6.07, 6.45) is 5.38. The van der Waals surface area contributed by atoms with E-state index in [1.54, 1.807) is 12.1 Å². The van der Waals surface area contributed by atoms with Crippen LogP contribution in [0.25, 0.3) is 17.0 Å². The monoisotopic (exact) mass is 393 g/mol. The first-order chi connectivity index (χ1) is 13.2. The van der Waals surface area contributed by atoms with Crippen molar-refractivity contribution < 1.29 is 0 Å². The number of aromatic nitrogens is 2. The number of nitrogens with one attached hydrogen (secondary N) is 2. The highest BCUT2D eigenvalue weighted by molar-refractivity contribution is 6.31. The number of nitrogens with zero attached hydrogens (tertiary/aromatic N) is 3. The molecule has 0 atom stereocenters. The van der Waals surface area contributed by atoms with E-state index < -0.39 is 0 Å². The third-order valence-electron chi connectivity index (χ3n) is 4.38. The van der Waals surface area contributed by atoms with E-state index in [2.05, 4.69) is 50.0 Å². The number of hydrogen-bond acceptors (Lipinski definition) is 4. The Hall–Kier alpha value is -2.92. The van der Waals surface area contributed by atoms with Crippen LogP contribution in [0.2, 0.25) is 5.02 Å². The highest BCUT2D eigenvalue weighted by atomic mass is 35.5. The number of halogens is 1. The van der Waals surface area contributed by atoms with Gasteiger partial charge in [0.25, 0.3) is 0 Å². The molecule has 0 bridgehead atoms. The minimum absolute atomic E-state index is 0.0181. The molecule has 2 aromatic carbocycles. The molecule has 0 aliphatic heterocycles. The predicted octanol–water partition coefficient (Wildman–Crippen LogP) is 5.45. The summed E-state index contributed by atoms with van der Waals surface area (Å²) in [6, 6.07) is 13.6. The molecule has 3 aromatic rings. The average molecular weight is 394 g/mol. The van der Waals surface area contributed by atoms with Crippen LogP contribution in [-0.2, 0) is 0 Å². The second kappa shape index (κ2) is 7.60. The van der Waals surface area contributed by atoms with Crippen molar-refractivity contribution >= 4 is 46.4 Å². The van der Waals surface area contributed by atoms with Gasteiger partial charge in [-0.15, -0.1) is 0 Å². The van der Waals surface area contributed by atoms with Crippen LogP contribution in [0.3, 0.4) is 0 Å². The Morgan fingerprint density at radius 1 is 1.14 bits per heavy atom. The molecule has 0 amide bonds. The molecule has 6 heteroatoms. The molecule has 0 aliphatic rings. The Kier molecular flexibility index (Phi) is 5.38. The van der Waals surface area contributed by atoms with Gasteiger partial charge in [-0.1, -0.05) is 56.7 Å². The molecule has 3 rings (SSSR count). The Bertz CT molecular complexity index is 1120. The van der Waals surface area contributed by atoms with Gasteiger partial charge in [0.2, 0.25) is 5.62 Å². The maximum Gasteiger partial charge on any atom is 0.229 e. The summed E-state index contributed by atoms with van der Waals surface area (Å²) in [5.41, 5.74) is 2.83. The lowest BCUT2D eigenvalue weighted by molar-refractivity contribution is 0.547. The molecule has 144 valence electrons. The fraction of sp³-hybridized carbons (Fsp3) is 0.227. The van der Waals surface area contributed by atoms with Gasteiger partial charge < -0.3 is 4.90 Å². The Morgan fingerprint density at radius 2 is 1.89 bits per heavy atom. The lowest BCUT2D eigenvalue weighted by atomic mass is 9.95. The number of benzene rings is 2. The molecule has 0 saturated carbocycles. The minimum atomic E-state index is -0.0181. The first-order valence-corrected chi connectivity index (χ1v) is 9.37. The summed E-state index contributed by atoms with van der Waals surface area (Å²) >= 11 is 6.15. The molecule has 5 nitrogen and oxygen atoms in total. The van der Waals surface area contributed by atoms with Gasteiger partial charge in [-0.25, -0.2) is 0 Å². The zero-order valence-electron chi connectivity index (χ0n) is 16.5. The fourth-order valence-electron chi connectivity index (χ4n) is 2.91. The van der Waals surface area contributed by atoms with Crippen molar-refractivity contribution in [2.45, 2.75) is 20.8 Å². The van der Waals surface area contributed by atoms with Gasteiger partial charge in [-0.2, -0.15) is 4.98 Å². The number of rotatable bonds is 4. The van der Waals surface area contributed by atoms with E-state index >= 15 is 0 Å². The zero-order chi connectivity index (χ0) is 20.5. The predicted molar refractivity (Wildman–Crippen MR) is 118 cm³/mol. The van der Waals surface area contributed by atoms with E-state index in [0.29, 0.717) is 16.4 Å². The normalized spacial score (nSPS) is 11.9. The van der Waals surface area contributed by atoms with Crippen molar-refractivity contribution in [2.75, 3.05) is 11.9 Å². The van der Waals surface area contributed by atoms with Crippen molar-refractivity contribution in [1.29, 1.82) is 10.8 Å². The van der Waals surface area contributed by atoms with E-state index in [9.17, 15) is 0 Å². The van der Waals surface area contributed by atoms with Gasteiger partial charge in [-0.05, 0) is 41.3 Å². The largest absolute Gasteiger partial charge is 0.329 e. The van der Waals surface area contributed by atoms with E-state index in [1.807, 2.05) is 30.1 Å². The van der Waals surface area contributed by atoms with E-state index in [-0.39, 0.29) is 11.0 Å².